The molecule has 0 unspecified atom stereocenters. The van der Waals surface area contributed by atoms with E-state index in [-0.39, 0.29) is 19.1 Å². The Bertz CT molecular complexity index is 1070. The van der Waals surface area contributed by atoms with Gasteiger partial charge in [0.15, 0.2) is 6.61 Å². The van der Waals surface area contributed by atoms with Gasteiger partial charge in [-0.3, -0.25) is 4.79 Å². The van der Waals surface area contributed by atoms with Crippen LogP contribution >= 0.6 is 11.3 Å². The van der Waals surface area contributed by atoms with Crippen LogP contribution in [0.3, 0.4) is 0 Å². The smallest absolute Gasteiger partial charge is 0.341 e. The minimum Gasteiger partial charge on any atom is -0.484 e. The number of nitrogens with one attached hydrogen (secondary N) is 1. The molecular weight excluding hydrogens is 410 g/mol. The summed E-state index contributed by atoms with van der Waals surface area (Å²) in [5, 5.41) is 5.16. The van der Waals surface area contributed by atoms with Crippen molar-refractivity contribution in [2.75, 3.05) is 18.5 Å². The number of carbonyl (C=O) groups excluding carboxylic acids is 2. The zero-order chi connectivity index (χ0) is 22.4. The number of carbonyl (C=O) groups is 2. The lowest BCUT2D eigenvalue weighted by Gasteiger charge is -2.11. The molecule has 0 saturated carbocycles. The van der Waals surface area contributed by atoms with Crippen molar-refractivity contribution in [1.29, 1.82) is 0 Å². The maximum absolute atomic E-state index is 12.7. The van der Waals surface area contributed by atoms with Gasteiger partial charge in [-0.15, -0.1) is 11.3 Å². The van der Waals surface area contributed by atoms with E-state index < -0.39 is 5.97 Å². The first kappa shape index (κ1) is 22.6. The normalized spacial score (nSPS) is 10.6. The summed E-state index contributed by atoms with van der Waals surface area (Å²) < 4.78 is 10.9. The third kappa shape index (κ3) is 5.52. The van der Waals surface area contributed by atoms with E-state index in [4.69, 9.17) is 9.47 Å². The van der Waals surface area contributed by atoms with Crippen LogP contribution in [0.1, 0.15) is 40.9 Å². The molecule has 1 aromatic heterocycles. The number of anilines is 1. The van der Waals surface area contributed by atoms with Gasteiger partial charge in [0.1, 0.15) is 16.3 Å². The van der Waals surface area contributed by atoms with E-state index in [9.17, 15) is 9.59 Å². The van der Waals surface area contributed by atoms with Gasteiger partial charge in [0.05, 0.1) is 6.61 Å². The molecule has 2 aromatic carbocycles. The summed E-state index contributed by atoms with van der Waals surface area (Å²) in [4.78, 5) is 25.2. The Kier molecular flexibility index (Phi) is 7.47. The summed E-state index contributed by atoms with van der Waals surface area (Å²) in [6.45, 7) is 7.98. The third-order valence-electron chi connectivity index (χ3n) is 4.90. The van der Waals surface area contributed by atoms with Crippen molar-refractivity contribution in [3.63, 3.8) is 0 Å². The highest BCUT2D eigenvalue weighted by Gasteiger charge is 2.23. The second kappa shape index (κ2) is 10.3. The molecule has 0 aliphatic heterocycles. The van der Waals surface area contributed by atoms with Gasteiger partial charge in [-0.25, -0.2) is 4.79 Å². The molecule has 0 spiro atoms. The second-order valence-electron chi connectivity index (χ2n) is 7.23. The van der Waals surface area contributed by atoms with E-state index in [0.717, 1.165) is 28.7 Å². The minimum atomic E-state index is -0.454. The number of thiophene rings is 1. The van der Waals surface area contributed by atoms with Gasteiger partial charge in [0, 0.05) is 10.9 Å². The van der Waals surface area contributed by atoms with Gasteiger partial charge >= 0.3 is 5.97 Å². The number of esters is 1. The van der Waals surface area contributed by atoms with Gasteiger partial charge in [-0.1, -0.05) is 42.8 Å². The molecule has 3 rings (SSSR count). The molecule has 5 nitrogen and oxygen atoms in total. The molecule has 1 N–H and O–H groups in total. The molecule has 162 valence electrons. The fourth-order valence-electron chi connectivity index (χ4n) is 3.30. The molecule has 6 heteroatoms. The Balaban J connectivity index is 1.80. The summed E-state index contributed by atoms with van der Waals surface area (Å²) in [6, 6.07) is 13.7. The molecule has 0 saturated heterocycles. The highest BCUT2D eigenvalue weighted by molar-refractivity contribution is 7.15. The Labute approximate surface area is 187 Å². The van der Waals surface area contributed by atoms with Crippen LogP contribution in [0, 0.1) is 13.8 Å². The standard InChI is InChI=1S/C25H27NO4S/c1-5-18-8-10-19(11-9-18)30-14-22(27)26-24-23(25(28)29-6-2)21(15-31-24)20-12-7-16(3)13-17(20)4/h7-13,15H,5-6,14H2,1-4H3,(H,26,27). The molecule has 0 bridgehead atoms. The maximum atomic E-state index is 12.7. The topological polar surface area (TPSA) is 64.6 Å². The monoisotopic (exact) mass is 437 g/mol. The first-order chi connectivity index (χ1) is 14.9. The summed E-state index contributed by atoms with van der Waals surface area (Å²) >= 11 is 1.30. The van der Waals surface area contributed by atoms with Crippen LogP contribution in [0.25, 0.3) is 11.1 Å². The van der Waals surface area contributed by atoms with Crippen LogP contribution < -0.4 is 10.1 Å². The second-order valence-corrected chi connectivity index (χ2v) is 8.11. The van der Waals surface area contributed by atoms with Crippen molar-refractivity contribution in [1.82, 2.24) is 0 Å². The number of benzene rings is 2. The first-order valence-electron chi connectivity index (χ1n) is 10.3. The van der Waals surface area contributed by atoms with Crippen LogP contribution in [0.4, 0.5) is 5.00 Å². The number of amides is 1. The van der Waals surface area contributed by atoms with Gasteiger partial charge in [-0.2, -0.15) is 0 Å². The van der Waals surface area contributed by atoms with Crippen LogP contribution in [-0.4, -0.2) is 25.1 Å². The molecule has 0 aliphatic carbocycles. The fourth-order valence-corrected chi connectivity index (χ4v) is 4.27. The van der Waals surface area contributed by atoms with E-state index in [1.165, 1.54) is 16.9 Å². The minimum absolute atomic E-state index is 0.148. The van der Waals surface area contributed by atoms with Gasteiger partial charge in [0.25, 0.3) is 5.91 Å². The third-order valence-corrected chi connectivity index (χ3v) is 5.79. The van der Waals surface area contributed by atoms with Gasteiger partial charge in [0.2, 0.25) is 0 Å². The lowest BCUT2D eigenvalue weighted by molar-refractivity contribution is -0.118. The average molecular weight is 438 g/mol. The van der Waals surface area contributed by atoms with Crippen molar-refractivity contribution < 1.29 is 19.1 Å². The van der Waals surface area contributed by atoms with Crippen molar-refractivity contribution in [3.05, 3.63) is 70.1 Å². The van der Waals surface area contributed by atoms with Crippen molar-refractivity contribution >= 4 is 28.2 Å². The maximum Gasteiger partial charge on any atom is 0.341 e. The summed E-state index contributed by atoms with van der Waals surface area (Å²) in [5.41, 5.74) is 5.48. The van der Waals surface area contributed by atoms with E-state index in [0.29, 0.717) is 16.3 Å². The number of hydrogen-bond acceptors (Lipinski definition) is 5. The number of aryl methyl sites for hydroxylation is 3. The summed E-state index contributed by atoms with van der Waals surface area (Å²) in [7, 11) is 0. The molecule has 1 heterocycles. The van der Waals surface area contributed by atoms with Crippen molar-refractivity contribution in [3.8, 4) is 16.9 Å². The Morgan fingerprint density at radius 2 is 1.74 bits per heavy atom. The summed E-state index contributed by atoms with van der Waals surface area (Å²) in [6.07, 6.45) is 0.943. The van der Waals surface area contributed by atoms with E-state index in [1.54, 1.807) is 6.92 Å². The lowest BCUT2D eigenvalue weighted by atomic mass is 9.97. The Morgan fingerprint density at radius 1 is 1.00 bits per heavy atom. The number of rotatable bonds is 8. The Morgan fingerprint density at radius 3 is 2.39 bits per heavy atom. The fraction of sp³-hybridized carbons (Fsp3) is 0.280. The molecule has 0 aliphatic rings. The van der Waals surface area contributed by atoms with Crippen LogP contribution in [0.5, 0.6) is 5.75 Å². The molecule has 3 aromatic rings. The van der Waals surface area contributed by atoms with E-state index >= 15 is 0 Å². The molecule has 1 amide bonds. The first-order valence-corrected chi connectivity index (χ1v) is 11.2. The van der Waals surface area contributed by atoms with Crippen molar-refractivity contribution in [2.24, 2.45) is 0 Å². The molecule has 0 radical (unpaired) electrons. The predicted molar refractivity (Wildman–Crippen MR) is 125 cm³/mol. The zero-order valence-corrected chi connectivity index (χ0v) is 19.1. The molecular formula is C25H27NO4S. The molecule has 31 heavy (non-hydrogen) atoms. The molecule has 0 atom stereocenters. The van der Waals surface area contributed by atoms with E-state index in [1.807, 2.05) is 55.6 Å². The Hall–Kier alpha value is -3.12. The SMILES string of the molecule is CCOC(=O)c1c(-c2ccc(C)cc2C)csc1NC(=O)COc1ccc(CC)cc1. The largest absolute Gasteiger partial charge is 0.484 e. The lowest BCUT2D eigenvalue weighted by Crippen LogP contribution is -2.21. The van der Waals surface area contributed by atoms with Crippen LogP contribution in [0.15, 0.2) is 47.8 Å². The van der Waals surface area contributed by atoms with Gasteiger partial charge in [-0.05, 0) is 56.0 Å². The highest BCUT2D eigenvalue weighted by atomic mass is 32.1. The van der Waals surface area contributed by atoms with E-state index in [2.05, 4.69) is 18.3 Å². The number of hydrogen-bond donors (Lipinski definition) is 1. The zero-order valence-electron chi connectivity index (χ0n) is 18.3. The van der Waals surface area contributed by atoms with Crippen LogP contribution in [0.2, 0.25) is 0 Å². The van der Waals surface area contributed by atoms with Crippen molar-refractivity contribution in [2.45, 2.75) is 34.1 Å². The number of ether oxygens (including phenoxy) is 2. The average Bonchev–Trinajstić information content (AvgIpc) is 3.16. The highest BCUT2D eigenvalue weighted by Crippen LogP contribution is 2.37. The predicted octanol–water partition coefficient (Wildman–Crippen LogP) is 5.79. The summed E-state index contributed by atoms with van der Waals surface area (Å²) in [5.74, 6) is -0.163. The van der Waals surface area contributed by atoms with Crippen LogP contribution in [-0.2, 0) is 16.0 Å². The quantitative estimate of drug-likeness (QED) is 0.453. The molecule has 0 fully saturated rings. The van der Waals surface area contributed by atoms with Gasteiger partial charge < -0.3 is 14.8 Å².